The number of hydrogen-bond donors (Lipinski definition) is 0. The van der Waals surface area contributed by atoms with Crippen molar-refractivity contribution in [2.45, 2.75) is 103 Å². The summed E-state index contributed by atoms with van der Waals surface area (Å²) < 4.78 is 0. The zero-order valence-corrected chi connectivity index (χ0v) is 16.5. The van der Waals surface area contributed by atoms with E-state index in [2.05, 4.69) is 29.1 Å². The van der Waals surface area contributed by atoms with Gasteiger partial charge in [0.25, 0.3) is 0 Å². The lowest BCUT2D eigenvalue weighted by Crippen LogP contribution is -2.17. The Kier molecular flexibility index (Phi) is 14.7. The standard InChI is InChI=1S/C16H34BrClSi/c1-3-5-7-9-11-13-15-19(17,18)16-14-12-10-8-6-4-2/h3-16H2,1-2H3. The molecule has 0 aromatic carbocycles. The Morgan fingerprint density at radius 2 is 0.947 bits per heavy atom. The van der Waals surface area contributed by atoms with Gasteiger partial charge in [-0.2, -0.15) is 11.1 Å². The van der Waals surface area contributed by atoms with Gasteiger partial charge in [0, 0.05) is 0 Å². The lowest BCUT2D eigenvalue weighted by atomic mass is 10.1. The van der Waals surface area contributed by atoms with E-state index in [4.69, 9.17) is 11.1 Å². The number of hydrogen-bond acceptors (Lipinski definition) is 0. The van der Waals surface area contributed by atoms with Crippen LogP contribution in [0.5, 0.6) is 0 Å². The van der Waals surface area contributed by atoms with Crippen LogP contribution >= 0.6 is 26.4 Å². The first-order valence-corrected chi connectivity index (χ1v) is 14.2. The van der Waals surface area contributed by atoms with Gasteiger partial charge in [0.2, 0.25) is 6.00 Å². The summed E-state index contributed by atoms with van der Waals surface area (Å²) in [7, 11) is 0. The zero-order chi connectivity index (χ0) is 14.4. The molecular weight excluding hydrogens is 336 g/mol. The largest absolute Gasteiger partial charge is 0.226 e. The first-order chi connectivity index (χ1) is 9.12. The molecule has 0 saturated heterocycles. The quantitative estimate of drug-likeness (QED) is 0.166. The average Bonchev–Trinajstić information content (AvgIpc) is 2.38. The predicted molar refractivity (Wildman–Crippen MR) is 96.9 cm³/mol. The summed E-state index contributed by atoms with van der Waals surface area (Å²) in [5.41, 5.74) is 0. The minimum atomic E-state index is -1.56. The smallest absolute Gasteiger partial charge is 0.152 e. The summed E-state index contributed by atoms with van der Waals surface area (Å²) in [5.74, 6) is 0. The molecule has 0 fully saturated rings. The molecule has 0 aromatic heterocycles. The third-order valence-electron chi connectivity index (χ3n) is 3.79. The molecule has 0 aliphatic heterocycles. The molecule has 0 N–H and O–H groups in total. The maximum atomic E-state index is 6.67. The van der Waals surface area contributed by atoms with Crippen molar-refractivity contribution < 1.29 is 0 Å². The molecule has 116 valence electrons. The van der Waals surface area contributed by atoms with Crippen LogP contribution in [0.4, 0.5) is 0 Å². The monoisotopic (exact) mass is 368 g/mol. The van der Waals surface area contributed by atoms with Crippen molar-refractivity contribution in [1.82, 2.24) is 0 Å². The van der Waals surface area contributed by atoms with Gasteiger partial charge in [0.1, 0.15) is 0 Å². The van der Waals surface area contributed by atoms with Crippen LogP contribution in [0.15, 0.2) is 0 Å². The highest BCUT2D eigenvalue weighted by Gasteiger charge is 2.25. The molecule has 0 heterocycles. The fourth-order valence-electron chi connectivity index (χ4n) is 2.45. The maximum absolute atomic E-state index is 6.67. The molecule has 0 aliphatic rings. The van der Waals surface area contributed by atoms with Crippen molar-refractivity contribution in [3.8, 4) is 0 Å². The fourth-order valence-corrected chi connectivity index (χ4v) is 6.72. The summed E-state index contributed by atoms with van der Waals surface area (Å²) in [4.78, 5) is 0. The van der Waals surface area contributed by atoms with E-state index < -0.39 is 6.00 Å². The van der Waals surface area contributed by atoms with Crippen LogP contribution in [0, 0.1) is 0 Å². The molecule has 3 heteroatoms. The third-order valence-corrected chi connectivity index (χ3v) is 9.48. The summed E-state index contributed by atoms with van der Waals surface area (Å²) >= 11 is 10.5. The minimum absolute atomic E-state index is 1.26. The van der Waals surface area contributed by atoms with Gasteiger partial charge in [0.05, 0.1) is 0 Å². The average molecular weight is 370 g/mol. The van der Waals surface area contributed by atoms with E-state index in [0.29, 0.717) is 0 Å². The van der Waals surface area contributed by atoms with Crippen molar-refractivity contribution in [2.75, 3.05) is 0 Å². The highest BCUT2D eigenvalue weighted by Crippen LogP contribution is 2.32. The maximum Gasteiger partial charge on any atom is 0.226 e. The van der Waals surface area contributed by atoms with E-state index >= 15 is 0 Å². The second-order valence-electron chi connectivity index (χ2n) is 5.89. The van der Waals surface area contributed by atoms with E-state index in [1.54, 1.807) is 0 Å². The van der Waals surface area contributed by atoms with Crippen LogP contribution in [-0.2, 0) is 0 Å². The van der Waals surface area contributed by atoms with Gasteiger partial charge in [-0.25, -0.2) is 0 Å². The lowest BCUT2D eigenvalue weighted by molar-refractivity contribution is 0.617. The Morgan fingerprint density at radius 3 is 1.32 bits per heavy atom. The van der Waals surface area contributed by atoms with Crippen molar-refractivity contribution in [3.05, 3.63) is 0 Å². The molecule has 0 aromatic rings. The second-order valence-corrected chi connectivity index (χ2v) is 16.7. The molecule has 0 bridgehead atoms. The summed E-state index contributed by atoms with van der Waals surface area (Å²) in [6.45, 7) is 4.55. The Bertz CT molecular complexity index is 168. The molecule has 0 unspecified atom stereocenters. The first-order valence-electron chi connectivity index (χ1n) is 8.50. The van der Waals surface area contributed by atoms with Crippen molar-refractivity contribution in [2.24, 2.45) is 0 Å². The molecule has 0 aliphatic carbocycles. The van der Waals surface area contributed by atoms with Crippen LogP contribution in [0.2, 0.25) is 12.1 Å². The summed E-state index contributed by atoms with van der Waals surface area (Å²) in [6.07, 6.45) is 16.5. The van der Waals surface area contributed by atoms with Crippen LogP contribution in [0.25, 0.3) is 0 Å². The molecule has 0 spiro atoms. The topological polar surface area (TPSA) is 0 Å². The molecule has 0 rings (SSSR count). The molecule has 0 radical (unpaired) electrons. The Balaban J connectivity index is 3.36. The molecule has 19 heavy (non-hydrogen) atoms. The fraction of sp³-hybridized carbons (Fsp3) is 1.00. The molecular formula is C16H34BrClSi. The Morgan fingerprint density at radius 1 is 0.632 bits per heavy atom. The number of rotatable bonds is 14. The SMILES string of the molecule is CCCCCCCC[Si](Cl)(Br)CCCCCCCC. The molecule has 0 amide bonds. The van der Waals surface area contributed by atoms with Gasteiger partial charge in [-0.3, -0.25) is 0 Å². The normalized spacial score (nSPS) is 12.0. The van der Waals surface area contributed by atoms with Crippen molar-refractivity contribution in [3.63, 3.8) is 0 Å². The van der Waals surface area contributed by atoms with Gasteiger partial charge in [0.15, 0.2) is 0 Å². The molecule has 0 saturated carbocycles. The van der Waals surface area contributed by atoms with E-state index in [0.717, 1.165) is 0 Å². The van der Waals surface area contributed by atoms with Crippen LogP contribution in [-0.4, -0.2) is 6.00 Å². The van der Waals surface area contributed by atoms with E-state index in [1.165, 1.54) is 89.1 Å². The number of halogens is 2. The Labute approximate surface area is 135 Å². The summed E-state index contributed by atoms with van der Waals surface area (Å²) in [6, 6.07) is 0.964. The highest BCUT2D eigenvalue weighted by molar-refractivity contribution is 9.27. The highest BCUT2D eigenvalue weighted by atomic mass is 79.9. The van der Waals surface area contributed by atoms with Gasteiger partial charge in [-0.15, -0.1) is 15.3 Å². The van der Waals surface area contributed by atoms with E-state index in [9.17, 15) is 0 Å². The summed E-state index contributed by atoms with van der Waals surface area (Å²) in [5, 5.41) is 0. The Hall–Kier alpha value is 0.987. The minimum Gasteiger partial charge on any atom is -0.152 e. The van der Waals surface area contributed by atoms with Gasteiger partial charge < -0.3 is 0 Å². The number of unbranched alkanes of at least 4 members (excludes halogenated alkanes) is 10. The van der Waals surface area contributed by atoms with Crippen LogP contribution < -0.4 is 0 Å². The third kappa shape index (κ3) is 15.2. The van der Waals surface area contributed by atoms with Crippen LogP contribution in [0.1, 0.15) is 90.9 Å². The first kappa shape index (κ1) is 20.0. The lowest BCUT2D eigenvalue weighted by Gasteiger charge is -2.16. The van der Waals surface area contributed by atoms with E-state index in [1.807, 2.05) is 0 Å². The zero-order valence-electron chi connectivity index (χ0n) is 13.2. The molecule has 0 nitrogen and oxygen atoms in total. The van der Waals surface area contributed by atoms with Crippen LogP contribution in [0.3, 0.4) is 0 Å². The van der Waals surface area contributed by atoms with Crippen molar-refractivity contribution in [1.29, 1.82) is 0 Å². The van der Waals surface area contributed by atoms with Crippen molar-refractivity contribution >= 4 is 32.4 Å². The van der Waals surface area contributed by atoms with Gasteiger partial charge in [-0.1, -0.05) is 90.9 Å². The van der Waals surface area contributed by atoms with E-state index in [-0.39, 0.29) is 0 Å². The molecule has 0 atom stereocenters. The van der Waals surface area contributed by atoms with Gasteiger partial charge >= 0.3 is 0 Å². The second kappa shape index (κ2) is 13.9. The predicted octanol–water partition coefficient (Wildman–Crippen LogP) is 7.78. The van der Waals surface area contributed by atoms with Gasteiger partial charge in [-0.05, 0) is 12.1 Å².